The molecule has 1 fully saturated rings. The minimum Gasteiger partial charge on any atom is -0.490 e. The van der Waals surface area contributed by atoms with Gasteiger partial charge in [0.1, 0.15) is 11.8 Å². The number of ether oxygens (including phenoxy) is 2. The quantitative estimate of drug-likeness (QED) is 0.837. The second-order valence-corrected chi connectivity index (χ2v) is 4.70. The first kappa shape index (κ1) is 14.5. The number of hydrogen-bond donors (Lipinski definition) is 0. The molecule has 0 saturated heterocycles. The van der Waals surface area contributed by atoms with Crippen molar-refractivity contribution < 1.29 is 22.6 Å². The molecule has 0 unspecified atom stereocenters. The number of halogens is 3. The molecule has 0 amide bonds. The summed E-state index contributed by atoms with van der Waals surface area (Å²) >= 11 is 0. The smallest absolute Gasteiger partial charge is 0.490 e. The highest BCUT2D eigenvalue weighted by Crippen LogP contribution is 2.31. The van der Waals surface area contributed by atoms with Crippen molar-refractivity contribution in [2.75, 3.05) is 0 Å². The normalized spacial score (nSPS) is 16.5. The monoisotopic (exact) mass is 285 g/mol. The van der Waals surface area contributed by atoms with Crippen LogP contribution in [-0.2, 0) is 0 Å². The van der Waals surface area contributed by atoms with E-state index in [0.717, 1.165) is 38.2 Å². The maximum atomic E-state index is 12.3. The second-order valence-electron chi connectivity index (χ2n) is 4.70. The first-order valence-corrected chi connectivity index (χ1v) is 6.44. The number of hydrogen-bond acceptors (Lipinski definition) is 3. The van der Waals surface area contributed by atoms with E-state index in [-0.39, 0.29) is 11.7 Å². The summed E-state index contributed by atoms with van der Waals surface area (Å²) in [5.74, 6) is -0.219. The fraction of sp³-hybridized carbons (Fsp3) is 0.500. The Hall–Kier alpha value is -1.90. The molecule has 1 aromatic rings. The Morgan fingerprint density at radius 3 is 2.45 bits per heavy atom. The van der Waals surface area contributed by atoms with Gasteiger partial charge in [0, 0.05) is 6.07 Å². The largest absolute Gasteiger partial charge is 0.573 e. The van der Waals surface area contributed by atoms with Crippen LogP contribution in [0.2, 0.25) is 0 Å². The van der Waals surface area contributed by atoms with Crippen LogP contribution in [0, 0.1) is 11.3 Å². The molecule has 0 radical (unpaired) electrons. The van der Waals surface area contributed by atoms with Crippen molar-refractivity contribution in [2.24, 2.45) is 0 Å². The van der Waals surface area contributed by atoms with Crippen molar-refractivity contribution in [3.63, 3.8) is 0 Å². The van der Waals surface area contributed by atoms with Crippen molar-refractivity contribution >= 4 is 0 Å². The van der Waals surface area contributed by atoms with Crippen molar-refractivity contribution in [2.45, 2.75) is 44.6 Å². The molecule has 0 bridgehead atoms. The maximum Gasteiger partial charge on any atom is 0.573 e. The Bertz CT molecular complexity index is 502. The molecule has 0 heterocycles. The molecule has 0 spiro atoms. The molecule has 0 N–H and O–H groups in total. The van der Waals surface area contributed by atoms with Crippen LogP contribution < -0.4 is 9.47 Å². The Morgan fingerprint density at radius 1 is 1.15 bits per heavy atom. The van der Waals surface area contributed by atoms with Crippen LogP contribution in [0.4, 0.5) is 13.2 Å². The van der Waals surface area contributed by atoms with Gasteiger partial charge in [0.25, 0.3) is 0 Å². The van der Waals surface area contributed by atoms with Gasteiger partial charge < -0.3 is 9.47 Å². The number of benzene rings is 1. The molecular weight excluding hydrogens is 271 g/mol. The van der Waals surface area contributed by atoms with E-state index in [1.165, 1.54) is 12.1 Å². The van der Waals surface area contributed by atoms with Crippen molar-refractivity contribution in [3.05, 3.63) is 23.8 Å². The zero-order chi connectivity index (χ0) is 14.6. The lowest BCUT2D eigenvalue weighted by Gasteiger charge is -2.23. The lowest BCUT2D eigenvalue weighted by atomic mass is 9.98. The van der Waals surface area contributed by atoms with Gasteiger partial charge in [0.15, 0.2) is 5.75 Å². The predicted molar refractivity (Wildman–Crippen MR) is 65.3 cm³/mol. The number of nitriles is 1. The lowest BCUT2D eigenvalue weighted by molar-refractivity contribution is -0.274. The van der Waals surface area contributed by atoms with Crippen LogP contribution >= 0.6 is 0 Å². The molecule has 0 atom stereocenters. The molecular formula is C14H14F3NO2. The van der Waals surface area contributed by atoms with Gasteiger partial charge >= 0.3 is 6.36 Å². The third kappa shape index (κ3) is 4.05. The van der Waals surface area contributed by atoms with E-state index in [1.807, 2.05) is 0 Å². The average molecular weight is 285 g/mol. The Labute approximate surface area is 114 Å². The summed E-state index contributed by atoms with van der Waals surface area (Å²) in [4.78, 5) is 0. The minimum atomic E-state index is -4.82. The number of rotatable bonds is 3. The predicted octanol–water partition coefficient (Wildman–Crippen LogP) is 4.17. The Morgan fingerprint density at radius 2 is 1.85 bits per heavy atom. The third-order valence-corrected chi connectivity index (χ3v) is 3.15. The molecule has 1 aromatic carbocycles. The zero-order valence-corrected chi connectivity index (χ0v) is 10.7. The summed E-state index contributed by atoms with van der Waals surface area (Å²) in [6.07, 6.45) is 0.283. The van der Waals surface area contributed by atoms with Crippen molar-refractivity contribution in [3.8, 4) is 17.6 Å². The maximum absolute atomic E-state index is 12.3. The molecule has 20 heavy (non-hydrogen) atoms. The van der Waals surface area contributed by atoms with Crippen LogP contribution in [0.5, 0.6) is 11.5 Å². The molecule has 0 aliphatic heterocycles. The molecule has 1 aliphatic rings. The van der Waals surface area contributed by atoms with E-state index >= 15 is 0 Å². The standard InChI is InChI=1S/C14H14F3NO2/c15-14(16,17)20-13-8-12(7-6-10(13)9-18)19-11-4-2-1-3-5-11/h6-8,11H,1-5H2. The zero-order valence-electron chi connectivity index (χ0n) is 10.7. The summed E-state index contributed by atoms with van der Waals surface area (Å²) in [6.45, 7) is 0. The van der Waals surface area contributed by atoms with E-state index in [1.54, 1.807) is 6.07 Å². The van der Waals surface area contributed by atoms with E-state index in [9.17, 15) is 13.2 Å². The van der Waals surface area contributed by atoms with Gasteiger partial charge in [-0.3, -0.25) is 0 Å². The van der Waals surface area contributed by atoms with Gasteiger partial charge in [-0.15, -0.1) is 13.2 Å². The average Bonchev–Trinajstić information content (AvgIpc) is 2.38. The lowest BCUT2D eigenvalue weighted by Crippen LogP contribution is -2.20. The SMILES string of the molecule is N#Cc1ccc(OC2CCCCC2)cc1OC(F)(F)F. The molecule has 0 aromatic heterocycles. The highest BCUT2D eigenvalue weighted by atomic mass is 19.4. The fourth-order valence-electron chi connectivity index (χ4n) is 2.25. The van der Waals surface area contributed by atoms with Gasteiger partial charge in [-0.2, -0.15) is 5.26 Å². The molecule has 6 heteroatoms. The van der Waals surface area contributed by atoms with Gasteiger partial charge in [-0.25, -0.2) is 0 Å². The topological polar surface area (TPSA) is 42.2 Å². The van der Waals surface area contributed by atoms with Gasteiger partial charge in [0.05, 0.1) is 11.7 Å². The fourth-order valence-corrected chi connectivity index (χ4v) is 2.25. The molecule has 1 aliphatic carbocycles. The highest BCUT2D eigenvalue weighted by Gasteiger charge is 2.32. The Balaban J connectivity index is 2.14. The Kier molecular flexibility index (Phi) is 4.38. The van der Waals surface area contributed by atoms with Crippen LogP contribution in [0.15, 0.2) is 18.2 Å². The third-order valence-electron chi connectivity index (χ3n) is 3.15. The van der Waals surface area contributed by atoms with Crippen LogP contribution in [-0.4, -0.2) is 12.5 Å². The summed E-state index contributed by atoms with van der Waals surface area (Å²) in [6, 6.07) is 5.57. The summed E-state index contributed by atoms with van der Waals surface area (Å²) in [5.41, 5.74) is -0.168. The summed E-state index contributed by atoms with van der Waals surface area (Å²) in [5, 5.41) is 8.79. The van der Waals surface area contributed by atoms with E-state index < -0.39 is 12.1 Å². The van der Waals surface area contributed by atoms with Crippen molar-refractivity contribution in [1.82, 2.24) is 0 Å². The minimum absolute atomic E-state index is 0.0235. The first-order valence-electron chi connectivity index (χ1n) is 6.44. The van der Waals surface area contributed by atoms with Crippen LogP contribution in [0.1, 0.15) is 37.7 Å². The van der Waals surface area contributed by atoms with Crippen LogP contribution in [0.3, 0.4) is 0 Å². The second kappa shape index (κ2) is 6.04. The van der Waals surface area contributed by atoms with E-state index in [4.69, 9.17) is 10.00 Å². The molecule has 3 nitrogen and oxygen atoms in total. The van der Waals surface area contributed by atoms with Gasteiger partial charge in [-0.05, 0) is 37.8 Å². The van der Waals surface area contributed by atoms with E-state index in [2.05, 4.69) is 4.74 Å². The molecule has 108 valence electrons. The van der Waals surface area contributed by atoms with E-state index in [0.29, 0.717) is 5.75 Å². The molecule has 1 saturated carbocycles. The van der Waals surface area contributed by atoms with Gasteiger partial charge in [-0.1, -0.05) is 6.42 Å². The molecule has 2 rings (SSSR count). The summed E-state index contributed by atoms with van der Waals surface area (Å²) in [7, 11) is 0. The summed E-state index contributed by atoms with van der Waals surface area (Å²) < 4.78 is 46.3. The van der Waals surface area contributed by atoms with Gasteiger partial charge in [0.2, 0.25) is 0 Å². The number of nitrogens with zero attached hydrogens (tertiary/aromatic N) is 1. The first-order chi connectivity index (χ1) is 9.48. The highest BCUT2D eigenvalue weighted by molar-refractivity contribution is 5.47. The van der Waals surface area contributed by atoms with Crippen LogP contribution in [0.25, 0.3) is 0 Å². The van der Waals surface area contributed by atoms with Crippen molar-refractivity contribution in [1.29, 1.82) is 5.26 Å². The number of alkyl halides is 3.